The number of hydrogen-bond acceptors (Lipinski definition) is 3. The quantitative estimate of drug-likeness (QED) is 0.874. The maximum atomic E-state index is 5.37. The molecule has 1 heterocycles. The molecule has 0 saturated carbocycles. The highest BCUT2D eigenvalue weighted by atomic mass is 16.5. The second-order valence-corrected chi connectivity index (χ2v) is 5.04. The van der Waals surface area contributed by atoms with Crippen molar-refractivity contribution in [1.82, 2.24) is 5.32 Å². The molecule has 0 atom stereocenters. The Morgan fingerprint density at radius 1 is 1.05 bits per heavy atom. The average Bonchev–Trinajstić information content (AvgIpc) is 2.97. The molecule has 2 aromatic carbocycles. The van der Waals surface area contributed by atoms with Gasteiger partial charge in [-0.3, -0.25) is 0 Å². The maximum absolute atomic E-state index is 5.37. The minimum Gasteiger partial charge on any atom is -0.496 e. The minimum atomic E-state index is 0.813. The lowest BCUT2D eigenvalue weighted by Gasteiger charge is -2.12. The first kappa shape index (κ1) is 13.0. The van der Waals surface area contributed by atoms with Gasteiger partial charge in [0.2, 0.25) is 0 Å². The van der Waals surface area contributed by atoms with Crippen molar-refractivity contribution in [3.05, 3.63) is 59.2 Å². The molecule has 2 N–H and O–H groups in total. The predicted octanol–water partition coefficient (Wildman–Crippen LogP) is 2.95. The Hall–Kier alpha value is -2.00. The van der Waals surface area contributed by atoms with Gasteiger partial charge >= 0.3 is 0 Å². The molecule has 2 aromatic rings. The molecule has 3 nitrogen and oxygen atoms in total. The number of fused-ring (bicyclic) bond motifs is 1. The summed E-state index contributed by atoms with van der Waals surface area (Å²) in [5, 5.41) is 6.98. The Balaban J connectivity index is 1.65. The van der Waals surface area contributed by atoms with Gasteiger partial charge in [0.25, 0.3) is 0 Å². The summed E-state index contributed by atoms with van der Waals surface area (Å²) in [6.07, 6.45) is 1.13. The number of rotatable bonds is 5. The topological polar surface area (TPSA) is 33.3 Å². The fourth-order valence-corrected chi connectivity index (χ4v) is 2.74. The molecule has 0 fully saturated rings. The minimum absolute atomic E-state index is 0.813. The number of benzene rings is 2. The van der Waals surface area contributed by atoms with Crippen molar-refractivity contribution in [3.8, 4) is 5.75 Å². The highest BCUT2D eigenvalue weighted by Gasteiger charge is 2.13. The van der Waals surface area contributed by atoms with Crippen LogP contribution in [0.5, 0.6) is 5.75 Å². The molecule has 0 aliphatic carbocycles. The molecule has 0 unspecified atom stereocenters. The second kappa shape index (κ2) is 5.97. The van der Waals surface area contributed by atoms with Crippen LogP contribution in [0, 0.1) is 0 Å². The van der Waals surface area contributed by atoms with E-state index in [-0.39, 0.29) is 0 Å². The fourth-order valence-electron chi connectivity index (χ4n) is 2.74. The van der Waals surface area contributed by atoms with E-state index in [2.05, 4.69) is 34.9 Å². The van der Waals surface area contributed by atoms with Crippen LogP contribution in [-0.4, -0.2) is 13.7 Å². The Labute approximate surface area is 120 Å². The van der Waals surface area contributed by atoms with Crippen LogP contribution in [0.15, 0.2) is 42.5 Å². The number of nitrogens with one attached hydrogen (secondary N) is 2. The van der Waals surface area contributed by atoms with E-state index in [4.69, 9.17) is 4.74 Å². The van der Waals surface area contributed by atoms with E-state index in [1.54, 1.807) is 7.11 Å². The molecule has 0 spiro atoms. The number of hydrogen-bond donors (Lipinski definition) is 2. The van der Waals surface area contributed by atoms with Crippen LogP contribution in [0.25, 0.3) is 0 Å². The zero-order chi connectivity index (χ0) is 13.8. The molecule has 1 aliphatic rings. The van der Waals surface area contributed by atoms with Gasteiger partial charge in [-0.2, -0.15) is 0 Å². The molecule has 0 aromatic heterocycles. The van der Waals surface area contributed by atoms with E-state index in [1.165, 1.54) is 22.4 Å². The number of anilines is 1. The summed E-state index contributed by atoms with van der Waals surface area (Å²) in [7, 11) is 1.72. The van der Waals surface area contributed by atoms with Crippen LogP contribution in [0.1, 0.15) is 16.7 Å². The van der Waals surface area contributed by atoms with Gasteiger partial charge in [-0.25, -0.2) is 0 Å². The van der Waals surface area contributed by atoms with Gasteiger partial charge in [0, 0.05) is 30.9 Å². The van der Waals surface area contributed by atoms with Crippen LogP contribution in [0.2, 0.25) is 0 Å². The Bertz CT molecular complexity index is 595. The molecule has 104 valence electrons. The molecular formula is C17H20N2O. The first-order valence-electron chi connectivity index (χ1n) is 7.06. The molecule has 0 amide bonds. The summed E-state index contributed by atoms with van der Waals surface area (Å²) in [5.74, 6) is 0.941. The predicted molar refractivity (Wildman–Crippen MR) is 82.2 cm³/mol. The van der Waals surface area contributed by atoms with Gasteiger partial charge in [0.15, 0.2) is 0 Å². The standard InChI is InChI=1S/C17H20N2O/c1-20-16-8-3-2-5-14(16)11-18-12-15-7-4-6-13-9-10-19-17(13)15/h2-8,18-19H,9-12H2,1H3. The van der Waals surface area contributed by atoms with E-state index < -0.39 is 0 Å². The number of para-hydroxylation sites is 2. The Morgan fingerprint density at radius 3 is 2.75 bits per heavy atom. The summed E-state index contributed by atoms with van der Waals surface area (Å²) in [5.41, 5.74) is 5.28. The Kier molecular flexibility index (Phi) is 3.88. The Morgan fingerprint density at radius 2 is 1.85 bits per heavy atom. The van der Waals surface area contributed by atoms with E-state index in [9.17, 15) is 0 Å². The van der Waals surface area contributed by atoms with Gasteiger partial charge in [0.05, 0.1) is 7.11 Å². The van der Waals surface area contributed by atoms with Crippen LogP contribution in [-0.2, 0) is 19.5 Å². The molecule has 3 heteroatoms. The third-order valence-corrected chi connectivity index (χ3v) is 3.76. The fraction of sp³-hybridized carbons (Fsp3) is 0.294. The second-order valence-electron chi connectivity index (χ2n) is 5.04. The monoisotopic (exact) mass is 268 g/mol. The normalized spacial score (nSPS) is 12.8. The summed E-state index contributed by atoms with van der Waals surface area (Å²) in [6, 6.07) is 14.7. The van der Waals surface area contributed by atoms with E-state index in [0.717, 1.165) is 31.8 Å². The first-order valence-corrected chi connectivity index (χ1v) is 7.06. The van der Waals surface area contributed by atoms with Crippen molar-refractivity contribution >= 4 is 5.69 Å². The van der Waals surface area contributed by atoms with Crippen molar-refractivity contribution in [3.63, 3.8) is 0 Å². The van der Waals surface area contributed by atoms with Gasteiger partial charge in [0.1, 0.15) is 5.75 Å². The zero-order valence-corrected chi connectivity index (χ0v) is 11.8. The third-order valence-electron chi connectivity index (χ3n) is 3.76. The highest BCUT2D eigenvalue weighted by molar-refractivity contribution is 5.61. The van der Waals surface area contributed by atoms with Crippen molar-refractivity contribution in [2.24, 2.45) is 0 Å². The van der Waals surface area contributed by atoms with Crippen molar-refractivity contribution in [2.45, 2.75) is 19.5 Å². The van der Waals surface area contributed by atoms with Gasteiger partial charge < -0.3 is 15.4 Å². The van der Waals surface area contributed by atoms with Crippen molar-refractivity contribution in [1.29, 1.82) is 0 Å². The average molecular weight is 268 g/mol. The number of ether oxygens (including phenoxy) is 1. The van der Waals surface area contributed by atoms with Gasteiger partial charge in [-0.15, -0.1) is 0 Å². The van der Waals surface area contributed by atoms with Gasteiger partial charge in [-0.1, -0.05) is 36.4 Å². The molecule has 1 aliphatic heterocycles. The van der Waals surface area contributed by atoms with Crippen LogP contribution < -0.4 is 15.4 Å². The van der Waals surface area contributed by atoms with Crippen LogP contribution >= 0.6 is 0 Å². The molecule has 0 bridgehead atoms. The van der Waals surface area contributed by atoms with Crippen LogP contribution in [0.4, 0.5) is 5.69 Å². The van der Waals surface area contributed by atoms with Crippen molar-refractivity contribution in [2.75, 3.05) is 19.0 Å². The summed E-state index contributed by atoms with van der Waals surface area (Å²) in [6.45, 7) is 2.74. The van der Waals surface area contributed by atoms with Crippen LogP contribution in [0.3, 0.4) is 0 Å². The molecule has 3 rings (SSSR count). The van der Waals surface area contributed by atoms with Gasteiger partial charge in [-0.05, 0) is 23.6 Å². The highest BCUT2D eigenvalue weighted by Crippen LogP contribution is 2.26. The lowest BCUT2D eigenvalue weighted by Crippen LogP contribution is -2.14. The van der Waals surface area contributed by atoms with Crippen molar-refractivity contribution < 1.29 is 4.74 Å². The lowest BCUT2D eigenvalue weighted by atomic mass is 10.1. The van der Waals surface area contributed by atoms with E-state index >= 15 is 0 Å². The summed E-state index contributed by atoms with van der Waals surface area (Å²) in [4.78, 5) is 0. The lowest BCUT2D eigenvalue weighted by molar-refractivity contribution is 0.407. The van der Waals surface area contributed by atoms with E-state index in [0.29, 0.717) is 0 Å². The largest absolute Gasteiger partial charge is 0.496 e. The molecule has 0 radical (unpaired) electrons. The molecular weight excluding hydrogens is 248 g/mol. The summed E-state index contributed by atoms with van der Waals surface area (Å²) < 4.78 is 5.37. The summed E-state index contributed by atoms with van der Waals surface area (Å²) >= 11 is 0. The smallest absolute Gasteiger partial charge is 0.123 e. The third kappa shape index (κ3) is 2.63. The molecule has 0 saturated heterocycles. The SMILES string of the molecule is COc1ccccc1CNCc1cccc2c1NCC2. The molecule has 20 heavy (non-hydrogen) atoms. The first-order chi connectivity index (χ1) is 9.88. The maximum Gasteiger partial charge on any atom is 0.123 e. The van der Waals surface area contributed by atoms with E-state index in [1.807, 2.05) is 18.2 Å². The number of methoxy groups -OCH3 is 1. The zero-order valence-electron chi connectivity index (χ0n) is 11.8.